The maximum absolute atomic E-state index is 4.94. The molecule has 1 rings (SSSR count). The SMILES string of the molecule is COCCNCC(C)NCc1ccon1. The molecule has 0 bridgehead atoms. The first kappa shape index (κ1) is 12.2. The molecular formula is C10H19N3O2. The van der Waals surface area contributed by atoms with Gasteiger partial charge in [-0.2, -0.15) is 0 Å². The molecule has 1 aromatic rings. The van der Waals surface area contributed by atoms with Crippen LogP contribution in [0, 0.1) is 0 Å². The molecule has 86 valence electrons. The van der Waals surface area contributed by atoms with Crippen LogP contribution in [0.25, 0.3) is 0 Å². The average molecular weight is 213 g/mol. The molecule has 0 amide bonds. The molecule has 15 heavy (non-hydrogen) atoms. The Balaban J connectivity index is 2.01. The number of hydrogen-bond acceptors (Lipinski definition) is 5. The third kappa shape index (κ3) is 5.51. The number of nitrogens with zero attached hydrogens (tertiary/aromatic N) is 1. The lowest BCUT2D eigenvalue weighted by Crippen LogP contribution is -2.37. The fraction of sp³-hybridized carbons (Fsp3) is 0.700. The van der Waals surface area contributed by atoms with Crippen LogP contribution in [0.1, 0.15) is 12.6 Å². The van der Waals surface area contributed by atoms with Crippen LogP contribution in [0.3, 0.4) is 0 Å². The van der Waals surface area contributed by atoms with Gasteiger partial charge in [0.1, 0.15) is 6.26 Å². The van der Waals surface area contributed by atoms with Crippen LogP contribution in [0.4, 0.5) is 0 Å². The summed E-state index contributed by atoms with van der Waals surface area (Å²) in [6, 6.07) is 2.26. The van der Waals surface area contributed by atoms with Crippen molar-refractivity contribution in [3.05, 3.63) is 18.0 Å². The lowest BCUT2D eigenvalue weighted by molar-refractivity contribution is 0.198. The van der Waals surface area contributed by atoms with E-state index in [0.717, 1.165) is 31.9 Å². The second-order valence-electron chi connectivity index (χ2n) is 3.47. The van der Waals surface area contributed by atoms with E-state index in [1.165, 1.54) is 0 Å². The Kier molecular flexibility index (Phi) is 5.99. The molecule has 1 heterocycles. The lowest BCUT2D eigenvalue weighted by atomic mass is 10.3. The van der Waals surface area contributed by atoms with Crippen molar-refractivity contribution in [1.82, 2.24) is 15.8 Å². The molecule has 0 saturated carbocycles. The molecule has 0 aliphatic rings. The van der Waals surface area contributed by atoms with Crippen LogP contribution in [0.15, 0.2) is 16.9 Å². The van der Waals surface area contributed by atoms with Crippen LogP contribution in [0.5, 0.6) is 0 Å². The predicted octanol–water partition coefficient (Wildman–Crippen LogP) is 0.389. The maximum Gasteiger partial charge on any atom is 0.124 e. The molecule has 1 aromatic heterocycles. The number of rotatable bonds is 8. The van der Waals surface area contributed by atoms with Crippen molar-refractivity contribution >= 4 is 0 Å². The van der Waals surface area contributed by atoms with Gasteiger partial charge in [0.25, 0.3) is 0 Å². The normalized spacial score (nSPS) is 12.9. The molecule has 1 unspecified atom stereocenters. The van der Waals surface area contributed by atoms with Gasteiger partial charge in [-0.15, -0.1) is 0 Å². The van der Waals surface area contributed by atoms with Gasteiger partial charge >= 0.3 is 0 Å². The van der Waals surface area contributed by atoms with Gasteiger partial charge in [0.05, 0.1) is 12.3 Å². The number of ether oxygens (including phenoxy) is 1. The Morgan fingerprint density at radius 3 is 3.13 bits per heavy atom. The van der Waals surface area contributed by atoms with Gasteiger partial charge in [0.2, 0.25) is 0 Å². The second-order valence-corrected chi connectivity index (χ2v) is 3.47. The summed E-state index contributed by atoms with van der Waals surface area (Å²) in [6.07, 6.45) is 1.58. The van der Waals surface area contributed by atoms with Crippen LogP contribution in [-0.4, -0.2) is 38.0 Å². The minimum atomic E-state index is 0.401. The van der Waals surface area contributed by atoms with E-state index in [2.05, 4.69) is 22.7 Å². The first-order chi connectivity index (χ1) is 7.33. The van der Waals surface area contributed by atoms with Crippen molar-refractivity contribution in [2.24, 2.45) is 0 Å². The summed E-state index contributed by atoms with van der Waals surface area (Å²) in [4.78, 5) is 0. The average Bonchev–Trinajstić information content (AvgIpc) is 2.74. The van der Waals surface area contributed by atoms with Crippen molar-refractivity contribution in [2.75, 3.05) is 26.8 Å². The topological polar surface area (TPSA) is 59.3 Å². The molecule has 5 nitrogen and oxygen atoms in total. The Labute approximate surface area is 90.2 Å². The van der Waals surface area contributed by atoms with Crippen molar-refractivity contribution in [3.8, 4) is 0 Å². The molecule has 0 fully saturated rings. The quantitative estimate of drug-likeness (QED) is 0.612. The maximum atomic E-state index is 4.94. The zero-order valence-electron chi connectivity index (χ0n) is 9.32. The van der Waals surface area contributed by atoms with E-state index in [0.29, 0.717) is 6.04 Å². The standard InChI is InChI=1S/C10H19N3O2/c1-9(7-11-4-6-14-2)12-8-10-3-5-15-13-10/h3,5,9,11-12H,4,6-8H2,1-2H3. The van der Waals surface area contributed by atoms with E-state index < -0.39 is 0 Å². The number of nitrogens with one attached hydrogen (secondary N) is 2. The highest BCUT2D eigenvalue weighted by Gasteiger charge is 2.02. The molecule has 0 aliphatic heterocycles. The highest BCUT2D eigenvalue weighted by molar-refractivity contribution is 4.94. The van der Waals surface area contributed by atoms with E-state index in [1.54, 1.807) is 13.4 Å². The summed E-state index contributed by atoms with van der Waals surface area (Å²) in [5.74, 6) is 0. The molecule has 0 aromatic carbocycles. The Hall–Kier alpha value is -0.910. The minimum Gasteiger partial charge on any atom is -0.383 e. The Bertz CT molecular complexity index is 239. The fourth-order valence-electron chi connectivity index (χ4n) is 1.17. The Morgan fingerprint density at radius 1 is 1.60 bits per heavy atom. The number of aromatic nitrogens is 1. The molecular weight excluding hydrogens is 194 g/mol. The third-order valence-corrected chi connectivity index (χ3v) is 2.06. The van der Waals surface area contributed by atoms with E-state index in [4.69, 9.17) is 9.26 Å². The number of methoxy groups -OCH3 is 1. The molecule has 2 N–H and O–H groups in total. The predicted molar refractivity (Wildman–Crippen MR) is 57.6 cm³/mol. The zero-order chi connectivity index (χ0) is 10.9. The van der Waals surface area contributed by atoms with Gasteiger partial charge in [-0.05, 0) is 6.92 Å². The summed E-state index contributed by atoms with van der Waals surface area (Å²) >= 11 is 0. The summed E-state index contributed by atoms with van der Waals surface area (Å²) in [6.45, 7) is 5.41. The summed E-state index contributed by atoms with van der Waals surface area (Å²) in [7, 11) is 1.70. The highest BCUT2D eigenvalue weighted by Crippen LogP contribution is 1.93. The van der Waals surface area contributed by atoms with E-state index in [9.17, 15) is 0 Å². The monoisotopic (exact) mass is 213 g/mol. The summed E-state index contributed by atoms with van der Waals surface area (Å²) < 4.78 is 9.67. The first-order valence-electron chi connectivity index (χ1n) is 5.15. The van der Waals surface area contributed by atoms with E-state index >= 15 is 0 Å². The van der Waals surface area contributed by atoms with Gasteiger partial charge in [-0.1, -0.05) is 5.16 Å². The molecule has 0 spiro atoms. The largest absolute Gasteiger partial charge is 0.383 e. The van der Waals surface area contributed by atoms with Gasteiger partial charge in [0, 0.05) is 38.9 Å². The van der Waals surface area contributed by atoms with E-state index in [-0.39, 0.29) is 0 Å². The zero-order valence-corrected chi connectivity index (χ0v) is 9.32. The first-order valence-corrected chi connectivity index (χ1v) is 5.15. The minimum absolute atomic E-state index is 0.401. The third-order valence-electron chi connectivity index (χ3n) is 2.06. The van der Waals surface area contributed by atoms with Gasteiger partial charge in [0.15, 0.2) is 0 Å². The van der Waals surface area contributed by atoms with Crippen LogP contribution in [0.2, 0.25) is 0 Å². The molecule has 0 saturated heterocycles. The van der Waals surface area contributed by atoms with Gasteiger partial charge < -0.3 is 19.9 Å². The van der Waals surface area contributed by atoms with Crippen LogP contribution < -0.4 is 10.6 Å². The number of hydrogen-bond donors (Lipinski definition) is 2. The van der Waals surface area contributed by atoms with Crippen LogP contribution >= 0.6 is 0 Å². The van der Waals surface area contributed by atoms with Crippen molar-refractivity contribution in [1.29, 1.82) is 0 Å². The molecule has 0 aliphatic carbocycles. The highest BCUT2D eigenvalue weighted by atomic mass is 16.5. The van der Waals surface area contributed by atoms with Crippen molar-refractivity contribution in [2.45, 2.75) is 19.5 Å². The molecule has 1 atom stereocenters. The Morgan fingerprint density at radius 2 is 2.47 bits per heavy atom. The second kappa shape index (κ2) is 7.39. The van der Waals surface area contributed by atoms with Crippen molar-refractivity contribution in [3.63, 3.8) is 0 Å². The summed E-state index contributed by atoms with van der Waals surface area (Å²) in [5, 5.41) is 10.4. The fourth-order valence-corrected chi connectivity index (χ4v) is 1.17. The van der Waals surface area contributed by atoms with Gasteiger partial charge in [-0.25, -0.2) is 0 Å². The van der Waals surface area contributed by atoms with Gasteiger partial charge in [-0.3, -0.25) is 0 Å². The molecule has 0 radical (unpaired) electrons. The van der Waals surface area contributed by atoms with Crippen LogP contribution in [-0.2, 0) is 11.3 Å². The van der Waals surface area contributed by atoms with Crippen molar-refractivity contribution < 1.29 is 9.26 Å². The van der Waals surface area contributed by atoms with E-state index in [1.807, 2.05) is 6.07 Å². The smallest absolute Gasteiger partial charge is 0.124 e. The molecule has 5 heteroatoms. The summed E-state index contributed by atoms with van der Waals surface area (Å²) in [5.41, 5.74) is 0.929. The lowest BCUT2D eigenvalue weighted by Gasteiger charge is -2.13.